The molecule has 100 heavy (non-hydrogen) atoms. The highest BCUT2D eigenvalue weighted by Gasteiger charge is 2.44. The molecule has 14 aromatic rings. The minimum Gasteiger partial charge on any atom is -0.455 e. The van der Waals surface area contributed by atoms with Crippen LogP contribution in [0.3, 0.4) is 0 Å². The molecule has 13 aromatic carbocycles. The second kappa shape index (κ2) is 29.0. The Hall–Kier alpha value is -10.7. The molecule has 1 heterocycles. The van der Waals surface area contributed by atoms with Crippen molar-refractivity contribution in [2.75, 3.05) is 9.80 Å². The predicted molar refractivity (Wildman–Crippen MR) is 425 cm³/mol. The van der Waals surface area contributed by atoms with Crippen LogP contribution in [0.25, 0.3) is 99.8 Å². The van der Waals surface area contributed by atoms with E-state index in [2.05, 4.69) is 327 Å². The van der Waals surface area contributed by atoms with Crippen LogP contribution >= 0.6 is 0 Å². The summed E-state index contributed by atoms with van der Waals surface area (Å²) in [4.78, 5) is 4.82. The van der Waals surface area contributed by atoms with E-state index in [-0.39, 0.29) is 5.41 Å². The molecule has 0 atom stereocenters. The number of hydrogen-bond donors (Lipinski definition) is 0. The summed E-state index contributed by atoms with van der Waals surface area (Å²) in [5, 5.41) is 2.38. The Balaban J connectivity index is 0.717. The summed E-state index contributed by atoms with van der Waals surface area (Å²) in [7, 11) is 0. The van der Waals surface area contributed by atoms with Crippen molar-refractivity contribution in [3.8, 4) is 77.9 Å². The Bertz CT molecular complexity index is 5110. The molecular formula is C97H88N2O. The molecule has 0 saturated carbocycles. The molecule has 0 spiro atoms. The molecule has 0 saturated heterocycles. The van der Waals surface area contributed by atoms with E-state index in [1.165, 1.54) is 194 Å². The van der Waals surface area contributed by atoms with Gasteiger partial charge in [0, 0.05) is 55.9 Å². The van der Waals surface area contributed by atoms with Crippen molar-refractivity contribution in [2.24, 2.45) is 0 Å². The maximum Gasteiger partial charge on any atom is 0.144 e. The maximum atomic E-state index is 7.20. The molecule has 492 valence electrons. The van der Waals surface area contributed by atoms with Crippen LogP contribution in [0.4, 0.5) is 34.1 Å². The quantitative estimate of drug-likeness (QED) is 0.0504. The van der Waals surface area contributed by atoms with Crippen molar-refractivity contribution in [3.63, 3.8) is 0 Å². The van der Waals surface area contributed by atoms with Gasteiger partial charge in [-0.1, -0.05) is 297 Å². The van der Waals surface area contributed by atoms with Crippen molar-refractivity contribution in [3.05, 3.63) is 326 Å². The van der Waals surface area contributed by atoms with Crippen molar-refractivity contribution < 1.29 is 4.42 Å². The summed E-state index contributed by atoms with van der Waals surface area (Å²) in [6.07, 6.45) is 20.0. The first-order valence-corrected chi connectivity index (χ1v) is 37.1. The predicted octanol–water partition coefficient (Wildman–Crippen LogP) is 28.4. The highest BCUT2D eigenvalue weighted by Crippen LogP contribution is 2.59. The molecule has 0 aliphatic heterocycles. The van der Waals surface area contributed by atoms with E-state index in [1.54, 1.807) is 0 Å². The fourth-order valence-electron chi connectivity index (χ4n) is 16.3. The van der Waals surface area contributed by atoms with Crippen LogP contribution in [-0.4, -0.2) is 0 Å². The first-order chi connectivity index (χ1) is 49.5. The van der Waals surface area contributed by atoms with Crippen LogP contribution in [0, 0.1) is 0 Å². The zero-order valence-corrected chi connectivity index (χ0v) is 58.0. The lowest BCUT2D eigenvalue weighted by Crippen LogP contribution is -2.25. The standard InChI is InChI=1S/C97H88N2O/c1-3-5-7-9-11-23-63-97(64-24-12-10-8-6-4-2)91-37-21-19-35-88(91)95-92(97)68-90(94-89-36-20-22-38-93(89)100-96(94)95)76-50-60-84(61-51-76)98(82-52-41-71(42-53-82)69-27-15-13-16-28-69)83-54-43-73(44-55-83)79-33-26-34-80(66-79)75-47-58-86(59-48-75)99(87-62-49-72-39-40-81(72)67-87)85-56-45-74(46-57-85)78-32-25-31-77(65-78)70-29-17-14-18-30-70/h13-22,25-38,41-62,65-68H,3-12,23-24,39-40,63-64H2,1-2H3. The van der Waals surface area contributed by atoms with Crippen molar-refractivity contribution >= 4 is 56.1 Å². The third-order valence-electron chi connectivity index (χ3n) is 21.8. The van der Waals surface area contributed by atoms with E-state index in [0.717, 1.165) is 65.3 Å². The number of para-hydroxylation sites is 1. The average Bonchev–Trinajstić information content (AvgIpc) is 1.53. The summed E-state index contributed by atoms with van der Waals surface area (Å²) in [5.41, 5.74) is 31.5. The number of aryl methyl sites for hydroxylation is 2. The number of anilines is 6. The fourth-order valence-corrected chi connectivity index (χ4v) is 16.3. The molecule has 2 aliphatic rings. The summed E-state index contributed by atoms with van der Waals surface area (Å²) in [5.74, 6) is 0. The highest BCUT2D eigenvalue weighted by molar-refractivity contribution is 6.18. The molecule has 0 bridgehead atoms. The topological polar surface area (TPSA) is 19.6 Å². The molecular weight excluding hydrogens is 1210 g/mol. The molecule has 3 nitrogen and oxygen atoms in total. The molecule has 0 radical (unpaired) electrons. The minimum atomic E-state index is -0.0929. The number of furan rings is 1. The smallest absolute Gasteiger partial charge is 0.144 e. The van der Waals surface area contributed by atoms with E-state index in [1.807, 2.05) is 0 Å². The highest BCUT2D eigenvalue weighted by atomic mass is 16.3. The zero-order valence-electron chi connectivity index (χ0n) is 58.0. The van der Waals surface area contributed by atoms with Crippen LogP contribution in [0.2, 0.25) is 0 Å². The SMILES string of the molecule is CCCCCCCCC1(CCCCCCCC)c2ccccc2-c2c1cc(-c1ccc(N(c3ccc(-c4ccccc4)cc3)c3ccc(-c4cccc(-c5ccc(N(c6ccc(-c7cccc(-c8ccccc8)c7)cc6)c6ccc7c(c6)CC7)cc5)c4)cc3)cc1)c1c2oc2ccccc21. The number of unbranched alkanes of at least 4 members (excludes halogenated alkanes) is 10. The van der Waals surface area contributed by atoms with Gasteiger partial charge in [-0.25, -0.2) is 0 Å². The molecule has 2 aliphatic carbocycles. The monoisotopic (exact) mass is 1300 g/mol. The van der Waals surface area contributed by atoms with E-state index < -0.39 is 0 Å². The molecule has 3 heteroatoms. The van der Waals surface area contributed by atoms with Crippen LogP contribution < -0.4 is 9.80 Å². The average molecular weight is 1300 g/mol. The second-order valence-corrected chi connectivity index (χ2v) is 28.1. The Morgan fingerprint density at radius 1 is 0.290 bits per heavy atom. The lowest BCUT2D eigenvalue weighted by Gasteiger charge is -2.33. The third-order valence-corrected chi connectivity index (χ3v) is 21.8. The largest absolute Gasteiger partial charge is 0.455 e. The normalized spacial score (nSPS) is 12.7. The summed E-state index contributed by atoms with van der Waals surface area (Å²) in [6, 6.07) is 113. The Kier molecular flexibility index (Phi) is 18.5. The Labute approximate surface area is 592 Å². The number of nitrogens with zero attached hydrogens (tertiary/aromatic N) is 2. The van der Waals surface area contributed by atoms with Crippen molar-refractivity contribution in [1.29, 1.82) is 0 Å². The number of hydrogen-bond acceptors (Lipinski definition) is 3. The number of benzene rings is 13. The van der Waals surface area contributed by atoms with Crippen LogP contribution in [0.1, 0.15) is 126 Å². The minimum absolute atomic E-state index is 0.0929. The van der Waals surface area contributed by atoms with Crippen LogP contribution in [0.15, 0.2) is 308 Å². The van der Waals surface area contributed by atoms with Gasteiger partial charge >= 0.3 is 0 Å². The summed E-state index contributed by atoms with van der Waals surface area (Å²) < 4.78 is 7.20. The van der Waals surface area contributed by atoms with Crippen LogP contribution in [0.5, 0.6) is 0 Å². The van der Waals surface area contributed by atoms with Gasteiger partial charge in [0.25, 0.3) is 0 Å². The van der Waals surface area contributed by atoms with Crippen molar-refractivity contribution in [2.45, 2.75) is 122 Å². The van der Waals surface area contributed by atoms with Gasteiger partial charge in [0.05, 0.1) is 0 Å². The van der Waals surface area contributed by atoms with Gasteiger partial charge in [0.15, 0.2) is 0 Å². The van der Waals surface area contributed by atoms with Gasteiger partial charge in [-0.2, -0.15) is 0 Å². The first kappa shape index (κ1) is 64.0. The summed E-state index contributed by atoms with van der Waals surface area (Å²) in [6.45, 7) is 4.64. The fraction of sp³-hybridized carbons (Fsp3) is 0.196. The zero-order chi connectivity index (χ0) is 67.2. The molecule has 0 N–H and O–H groups in total. The molecule has 0 amide bonds. The Morgan fingerprint density at radius 3 is 1.17 bits per heavy atom. The van der Waals surface area contributed by atoms with E-state index in [9.17, 15) is 0 Å². The Morgan fingerprint density at radius 2 is 0.680 bits per heavy atom. The number of rotatable bonds is 26. The van der Waals surface area contributed by atoms with Gasteiger partial charge in [0.1, 0.15) is 11.2 Å². The maximum absolute atomic E-state index is 7.20. The number of fused-ring (bicyclic) bond motifs is 8. The van der Waals surface area contributed by atoms with E-state index in [4.69, 9.17) is 4.42 Å². The van der Waals surface area contributed by atoms with Gasteiger partial charge < -0.3 is 14.2 Å². The second-order valence-electron chi connectivity index (χ2n) is 28.1. The third kappa shape index (κ3) is 12.8. The van der Waals surface area contributed by atoms with Gasteiger partial charge in [-0.05, 0) is 217 Å². The molecule has 0 fully saturated rings. The van der Waals surface area contributed by atoms with Gasteiger partial charge in [0.2, 0.25) is 0 Å². The van der Waals surface area contributed by atoms with E-state index >= 15 is 0 Å². The van der Waals surface area contributed by atoms with Crippen molar-refractivity contribution in [1.82, 2.24) is 0 Å². The summed E-state index contributed by atoms with van der Waals surface area (Å²) >= 11 is 0. The van der Waals surface area contributed by atoms with Gasteiger partial charge in [-0.15, -0.1) is 0 Å². The lowest BCUT2D eigenvalue weighted by molar-refractivity contribution is 0.398. The molecule has 0 unspecified atom stereocenters. The first-order valence-electron chi connectivity index (χ1n) is 37.1. The lowest BCUT2D eigenvalue weighted by atomic mass is 9.70. The van der Waals surface area contributed by atoms with Crippen LogP contribution in [-0.2, 0) is 18.3 Å². The van der Waals surface area contributed by atoms with E-state index in [0.29, 0.717) is 0 Å². The molecule has 1 aromatic heterocycles. The molecule has 16 rings (SSSR count). The van der Waals surface area contributed by atoms with Gasteiger partial charge in [-0.3, -0.25) is 0 Å².